The Hall–Kier alpha value is -1.44. The van der Waals surface area contributed by atoms with Crippen molar-refractivity contribution in [2.24, 2.45) is 5.41 Å². The molecule has 1 atom stereocenters. The van der Waals surface area contributed by atoms with Gasteiger partial charge in [0.1, 0.15) is 0 Å². The third kappa shape index (κ3) is 3.16. The summed E-state index contributed by atoms with van der Waals surface area (Å²) >= 11 is 6.11. The van der Waals surface area contributed by atoms with E-state index in [4.69, 9.17) is 11.8 Å². The highest BCUT2D eigenvalue weighted by Gasteiger charge is 2.44. The van der Waals surface area contributed by atoms with Crippen LogP contribution in [-0.2, 0) is 16.6 Å². The third-order valence-corrected chi connectivity index (χ3v) is 9.45. The summed E-state index contributed by atoms with van der Waals surface area (Å²) in [6.07, 6.45) is 0. The van der Waals surface area contributed by atoms with Crippen molar-refractivity contribution >= 4 is 34.4 Å². The highest BCUT2D eigenvalue weighted by Crippen LogP contribution is 2.55. The highest BCUT2D eigenvalue weighted by atomic mass is 32.4. The molecule has 0 saturated heterocycles. The SMILES string of the molecule is CC(C)(C)C(C(=O)O)P(=S)(c1ccccc1)c1ccccc1. The Morgan fingerprint density at radius 1 is 0.955 bits per heavy atom. The average molecular weight is 332 g/mol. The molecule has 116 valence electrons. The van der Waals surface area contributed by atoms with E-state index >= 15 is 0 Å². The second-order valence-electron chi connectivity index (χ2n) is 6.44. The number of carbonyl (C=O) groups is 1. The first-order chi connectivity index (χ1) is 10.3. The summed E-state index contributed by atoms with van der Waals surface area (Å²) in [7, 11) is 0. The summed E-state index contributed by atoms with van der Waals surface area (Å²) in [5.41, 5.74) is -1.03. The molecule has 0 amide bonds. The fourth-order valence-electron chi connectivity index (χ4n) is 2.82. The van der Waals surface area contributed by atoms with Gasteiger partial charge in [-0.15, -0.1) is 0 Å². The Morgan fingerprint density at radius 3 is 1.59 bits per heavy atom. The molecule has 1 unspecified atom stereocenters. The van der Waals surface area contributed by atoms with Gasteiger partial charge in [0, 0.05) is 6.04 Å². The predicted molar refractivity (Wildman–Crippen MR) is 97.3 cm³/mol. The van der Waals surface area contributed by atoms with E-state index in [2.05, 4.69) is 0 Å². The van der Waals surface area contributed by atoms with Crippen molar-refractivity contribution in [3.05, 3.63) is 60.7 Å². The van der Waals surface area contributed by atoms with Crippen LogP contribution in [0.25, 0.3) is 0 Å². The van der Waals surface area contributed by atoms with Crippen LogP contribution in [0.15, 0.2) is 60.7 Å². The molecule has 0 aliphatic heterocycles. The molecule has 2 aromatic carbocycles. The topological polar surface area (TPSA) is 37.3 Å². The maximum absolute atomic E-state index is 12.1. The summed E-state index contributed by atoms with van der Waals surface area (Å²) in [4.78, 5) is 12.1. The van der Waals surface area contributed by atoms with Crippen molar-refractivity contribution in [2.45, 2.75) is 26.4 Å². The van der Waals surface area contributed by atoms with Crippen LogP contribution < -0.4 is 10.6 Å². The van der Waals surface area contributed by atoms with E-state index in [1.165, 1.54) is 0 Å². The molecule has 0 radical (unpaired) electrons. The first-order valence-electron chi connectivity index (χ1n) is 7.21. The lowest BCUT2D eigenvalue weighted by atomic mass is 9.92. The number of carboxylic acid groups (broad SMARTS) is 1. The van der Waals surface area contributed by atoms with Gasteiger partial charge < -0.3 is 5.11 Å². The van der Waals surface area contributed by atoms with E-state index < -0.39 is 23.1 Å². The van der Waals surface area contributed by atoms with Crippen LogP contribution in [0.5, 0.6) is 0 Å². The zero-order chi connectivity index (χ0) is 16.4. The second kappa shape index (κ2) is 6.36. The molecule has 0 saturated carbocycles. The van der Waals surface area contributed by atoms with Gasteiger partial charge in [-0.05, 0) is 16.0 Å². The van der Waals surface area contributed by atoms with Crippen LogP contribution in [0.2, 0.25) is 0 Å². The van der Waals surface area contributed by atoms with Crippen LogP contribution in [-0.4, -0.2) is 16.7 Å². The minimum absolute atomic E-state index is 0.424. The summed E-state index contributed by atoms with van der Waals surface area (Å²) in [6.45, 7) is 5.87. The van der Waals surface area contributed by atoms with E-state index in [-0.39, 0.29) is 0 Å². The largest absolute Gasteiger partial charge is 0.481 e. The number of hydrogen-bond acceptors (Lipinski definition) is 2. The van der Waals surface area contributed by atoms with Gasteiger partial charge in [-0.1, -0.05) is 93.2 Å². The summed E-state index contributed by atoms with van der Waals surface area (Å²) in [5.74, 6) is -0.816. The maximum atomic E-state index is 12.1. The van der Waals surface area contributed by atoms with Gasteiger partial charge in [0.05, 0.1) is 5.66 Å². The predicted octanol–water partition coefficient (Wildman–Crippen LogP) is 3.62. The molecule has 2 rings (SSSR count). The molecular weight excluding hydrogens is 311 g/mol. The lowest BCUT2D eigenvalue weighted by molar-refractivity contribution is -0.138. The number of aliphatic carboxylic acids is 1. The molecular formula is C18H21O2PS. The molecule has 0 spiro atoms. The Bertz CT molecular complexity index is 647. The van der Waals surface area contributed by atoms with Gasteiger partial charge >= 0.3 is 5.97 Å². The van der Waals surface area contributed by atoms with Crippen LogP contribution in [0, 0.1) is 5.41 Å². The third-order valence-electron chi connectivity index (χ3n) is 3.70. The Labute approximate surface area is 137 Å². The quantitative estimate of drug-likeness (QED) is 0.869. The molecule has 0 bridgehead atoms. The molecule has 2 nitrogen and oxygen atoms in total. The van der Waals surface area contributed by atoms with E-state index in [0.717, 1.165) is 10.6 Å². The Kier molecular flexibility index (Phi) is 4.89. The number of hydrogen-bond donors (Lipinski definition) is 1. The Morgan fingerprint density at radius 2 is 1.32 bits per heavy atom. The highest BCUT2D eigenvalue weighted by molar-refractivity contribution is 8.22. The molecule has 2 aromatic rings. The van der Waals surface area contributed by atoms with Gasteiger partial charge in [0.15, 0.2) is 0 Å². The average Bonchev–Trinajstić information content (AvgIpc) is 2.47. The van der Waals surface area contributed by atoms with Gasteiger partial charge in [-0.3, -0.25) is 4.79 Å². The number of benzene rings is 2. The van der Waals surface area contributed by atoms with Gasteiger partial charge in [-0.2, -0.15) is 0 Å². The second-order valence-corrected chi connectivity index (χ2v) is 11.0. The fraction of sp³-hybridized carbons (Fsp3) is 0.278. The van der Waals surface area contributed by atoms with Crippen LogP contribution in [0.3, 0.4) is 0 Å². The molecule has 22 heavy (non-hydrogen) atoms. The van der Waals surface area contributed by atoms with Crippen molar-refractivity contribution in [1.29, 1.82) is 0 Å². The van der Waals surface area contributed by atoms with E-state index in [9.17, 15) is 9.90 Å². The van der Waals surface area contributed by atoms with Crippen LogP contribution >= 0.6 is 6.04 Å². The standard InChI is InChI=1S/C18H21O2PS/c1-18(2,3)16(17(19)20)21(22,14-10-6-4-7-11-14)15-12-8-5-9-13-15/h4-13,16H,1-3H3,(H,19,20). The lowest BCUT2D eigenvalue weighted by Crippen LogP contribution is -2.40. The first-order valence-corrected chi connectivity index (χ1v) is 10.1. The van der Waals surface area contributed by atoms with E-state index in [1.54, 1.807) is 0 Å². The van der Waals surface area contributed by atoms with Crippen molar-refractivity contribution < 1.29 is 9.90 Å². The van der Waals surface area contributed by atoms with Crippen molar-refractivity contribution in [3.8, 4) is 0 Å². The minimum Gasteiger partial charge on any atom is -0.481 e. The van der Waals surface area contributed by atoms with Gasteiger partial charge in [-0.25, -0.2) is 0 Å². The van der Waals surface area contributed by atoms with Crippen molar-refractivity contribution in [1.82, 2.24) is 0 Å². The van der Waals surface area contributed by atoms with Gasteiger partial charge in [0.2, 0.25) is 0 Å². The monoisotopic (exact) mass is 332 g/mol. The van der Waals surface area contributed by atoms with E-state index in [0.29, 0.717) is 0 Å². The lowest BCUT2D eigenvalue weighted by Gasteiger charge is -2.37. The molecule has 4 heteroatoms. The maximum Gasteiger partial charge on any atom is 0.312 e. The first kappa shape index (κ1) is 16.9. The van der Waals surface area contributed by atoms with Crippen molar-refractivity contribution in [3.63, 3.8) is 0 Å². The summed E-state index contributed by atoms with van der Waals surface area (Å²) < 4.78 is 0. The van der Waals surface area contributed by atoms with Crippen LogP contribution in [0.1, 0.15) is 20.8 Å². The number of carboxylic acids is 1. The molecule has 1 N–H and O–H groups in total. The van der Waals surface area contributed by atoms with Crippen molar-refractivity contribution in [2.75, 3.05) is 0 Å². The molecule has 0 aliphatic carbocycles. The van der Waals surface area contributed by atoms with Crippen LogP contribution in [0.4, 0.5) is 0 Å². The van der Waals surface area contributed by atoms with Gasteiger partial charge in [0.25, 0.3) is 0 Å². The fourth-order valence-corrected chi connectivity index (χ4v) is 8.29. The molecule has 0 aliphatic rings. The number of rotatable bonds is 4. The summed E-state index contributed by atoms with van der Waals surface area (Å²) in [6, 6.07) is 17.0. The Balaban J connectivity index is 2.77. The molecule has 0 aromatic heterocycles. The zero-order valence-corrected chi connectivity index (χ0v) is 14.8. The zero-order valence-electron chi connectivity index (χ0n) is 13.1. The smallest absolute Gasteiger partial charge is 0.312 e. The molecule has 0 fully saturated rings. The summed E-state index contributed by atoms with van der Waals surface area (Å²) in [5, 5.41) is 11.8. The normalized spacial score (nSPS) is 13.6. The minimum atomic E-state index is -2.48. The molecule has 0 heterocycles. The van der Waals surface area contributed by atoms with E-state index in [1.807, 2.05) is 81.4 Å².